The molecule has 2 aromatic carbocycles. The SMILES string of the molecule is NC(=O)N(S)c1cccc(OCCCCCOc2cccc3[nH]ccc23)c1. The van der Waals surface area contributed by atoms with Gasteiger partial charge < -0.3 is 20.2 Å². The lowest BCUT2D eigenvalue weighted by molar-refractivity contribution is 0.257. The Bertz CT molecular complexity index is 897. The number of hydrogen-bond acceptors (Lipinski definition) is 4. The van der Waals surface area contributed by atoms with Gasteiger partial charge in [0.2, 0.25) is 0 Å². The van der Waals surface area contributed by atoms with Crippen molar-refractivity contribution in [2.75, 3.05) is 17.5 Å². The van der Waals surface area contributed by atoms with Crippen LogP contribution in [0.2, 0.25) is 0 Å². The molecule has 0 unspecified atom stereocenters. The first-order chi connectivity index (χ1) is 13.1. The molecule has 3 rings (SSSR count). The van der Waals surface area contributed by atoms with Crippen molar-refractivity contribution < 1.29 is 14.3 Å². The molecule has 1 heterocycles. The van der Waals surface area contributed by atoms with Crippen LogP contribution in [-0.2, 0) is 0 Å². The van der Waals surface area contributed by atoms with E-state index in [1.54, 1.807) is 18.2 Å². The minimum atomic E-state index is -0.634. The molecule has 2 amide bonds. The minimum Gasteiger partial charge on any atom is -0.494 e. The molecule has 0 aliphatic heterocycles. The Balaban J connectivity index is 1.36. The molecule has 0 bridgehead atoms. The molecule has 0 saturated carbocycles. The molecule has 0 aliphatic rings. The van der Waals surface area contributed by atoms with Crippen molar-refractivity contribution in [1.82, 2.24) is 4.98 Å². The van der Waals surface area contributed by atoms with Gasteiger partial charge in [0.1, 0.15) is 11.5 Å². The summed E-state index contributed by atoms with van der Waals surface area (Å²) in [7, 11) is 0. The number of nitrogens with zero attached hydrogens (tertiary/aromatic N) is 1. The number of primary amides is 1. The summed E-state index contributed by atoms with van der Waals surface area (Å²) in [5.74, 6) is 1.59. The van der Waals surface area contributed by atoms with Crippen LogP contribution in [0, 0.1) is 0 Å². The summed E-state index contributed by atoms with van der Waals surface area (Å²) in [5, 5.41) is 1.11. The van der Waals surface area contributed by atoms with Crippen LogP contribution in [0.1, 0.15) is 19.3 Å². The third-order valence-electron chi connectivity index (χ3n) is 4.14. The number of urea groups is 1. The fourth-order valence-electron chi connectivity index (χ4n) is 2.77. The van der Waals surface area contributed by atoms with Crippen LogP contribution >= 0.6 is 12.8 Å². The highest BCUT2D eigenvalue weighted by Crippen LogP contribution is 2.25. The van der Waals surface area contributed by atoms with Gasteiger partial charge in [-0.05, 0) is 49.6 Å². The van der Waals surface area contributed by atoms with Crippen LogP contribution in [0.5, 0.6) is 11.5 Å². The molecule has 1 aromatic heterocycles. The van der Waals surface area contributed by atoms with Gasteiger partial charge in [-0.15, -0.1) is 0 Å². The van der Waals surface area contributed by atoms with Crippen molar-refractivity contribution >= 4 is 35.4 Å². The summed E-state index contributed by atoms with van der Waals surface area (Å²) >= 11 is 4.05. The Morgan fingerprint density at radius 1 is 1.04 bits per heavy atom. The van der Waals surface area contributed by atoms with Gasteiger partial charge >= 0.3 is 6.03 Å². The van der Waals surface area contributed by atoms with E-state index < -0.39 is 6.03 Å². The zero-order chi connectivity index (χ0) is 19.1. The zero-order valence-corrected chi connectivity index (χ0v) is 15.8. The van der Waals surface area contributed by atoms with Crippen molar-refractivity contribution in [2.45, 2.75) is 19.3 Å². The minimum absolute atomic E-state index is 0.579. The van der Waals surface area contributed by atoms with Crippen molar-refractivity contribution in [3.05, 3.63) is 54.7 Å². The van der Waals surface area contributed by atoms with Crippen LogP contribution in [0.15, 0.2) is 54.7 Å². The third kappa shape index (κ3) is 5.10. The largest absolute Gasteiger partial charge is 0.494 e. The zero-order valence-electron chi connectivity index (χ0n) is 14.9. The molecular weight excluding hydrogens is 362 g/mol. The molecule has 0 aliphatic carbocycles. The van der Waals surface area contributed by atoms with Gasteiger partial charge in [0.15, 0.2) is 0 Å². The number of ether oxygens (including phenoxy) is 2. The number of aromatic nitrogens is 1. The Hall–Kier alpha value is -2.80. The highest BCUT2D eigenvalue weighted by atomic mass is 32.1. The predicted octanol–water partition coefficient (Wildman–Crippen LogP) is 4.53. The number of hydrogen-bond donors (Lipinski definition) is 3. The number of anilines is 1. The van der Waals surface area contributed by atoms with Gasteiger partial charge in [-0.1, -0.05) is 24.9 Å². The molecule has 0 saturated heterocycles. The van der Waals surface area contributed by atoms with Crippen molar-refractivity contribution in [2.24, 2.45) is 5.73 Å². The van der Waals surface area contributed by atoms with Crippen LogP contribution < -0.4 is 19.5 Å². The quantitative estimate of drug-likeness (QED) is 0.374. The average Bonchev–Trinajstić information content (AvgIpc) is 3.16. The van der Waals surface area contributed by atoms with Crippen LogP contribution in [0.3, 0.4) is 0 Å². The molecule has 0 radical (unpaired) electrons. The number of carbonyl (C=O) groups is 1. The maximum atomic E-state index is 11.1. The number of benzene rings is 2. The van der Waals surface area contributed by atoms with E-state index in [-0.39, 0.29) is 0 Å². The lowest BCUT2D eigenvalue weighted by Gasteiger charge is -2.14. The number of fused-ring (bicyclic) bond motifs is 1. The van der Waals surface area contributed by atoms with E-state index in [1.807, 2.05) is 36.5 Å². The number of amides is 2. The van der Waals surface area contributed by atoms with Gasteiger partial charge in [-0.2, -0.15) is 0 Å². The van der Waals surface area contributed by atoms with Crippen molar-refractivity contribution in [3.8, 4) is 11.5 Å². The Morgan fingerprint density at radius 3 is 2.63 bits per heavy atom. The molecule has 142 valence electrons. The number of nitrogens with two attached hydrogens (primary N) is 1. The number of H-pyrrole nitrogens is 1. The fourth-order valence-corrected chi connectivity index (χ4v) is 2.89. The first kappa shape index (κ1) is 19.0. The average molecular weight is 385 g/mol. The van der Waals surface area contributed by atoms with Gasteiger partial charge in [0, 0.05) is 23.2 Å². The number of carbonyl (C=O) groups excluding carboxylic acids is 1. The molecule has 27 heavy (non-hydrogen) atoms. The lowest BCUT2D eigenvalue weighted by Crippen LogP contribution is -2.27. The second kappa shape index (κ2) is 9.23. The topological polar surface area (TPSA) is 80.6 Å². The first-order valence-electron chi connectivity index (χ1n) is 8.85. The summed E-state index contributed by atoms with van der Waals surface area (Å²) in [6, 6.07) is 14.5. The maximum absolute atomic E-state index is 11.1. The summed E-state index contributed by atoms with van der Waals surface area (Å²) in [5.41, 5.74) is 6.87. The highest BCUT2D eigenvalue weighted by Gasteiger charge is 2.08. The third-order valence-corrected chi connectivity index (χ3v) is 4.57. The van der Waals surface area contributed by atoms with Crippen LogP contribution in [-0.4, -0.2) is 24.2 Å². The Labute approximate surface area is 163 Å². The van der Waals surface area contributed by atoms with E-state index in [9.17, 15) is 4.79 Å². The lowest BCUT2D eigenvalue weighted by atomic mass is 10.2. The van der Waals surface area contributed by atoms with Crippen LogP contribution in [0.4, 0.5) is 10.5 Å². The second-order valence-electron chi connectivity index (χ2n) is 6.10. The van der Waals surface area contributed by atoms with E-state index >= 15 is 0 Å². The Kier molecular flexibility index (Phi) is 6.49. The van der Waals surface area contributed by atoms with E-state index in [1.165, 1.54) is 0 Å². The molecule has 0 fully saturated rings. The molecule has 7 heteroatoms. The standard InChI is InChI=1S/C20H23N3O3S/c21-20(24)23(27)15-6-4-7-16(14-15)25-12-2-1-3-13-26-19-9-5-8-18-17(19)10-11-22-18/h4-11,14,22,27H,1-3,12-13H2,(H2,21,24). The van der Waals surface area contributed by atoms with Crippen molar-refractivity contribution in [1.29, 1.82) is 0 Å². The second-order valence-corrected chi connectivity index (χ2v) is 6.50. The van der Waals surface area contributed by atoms with E-state index in [0.717, 1.165) is 40.2 Å². The summed E-state index contributed by atoms with van der Waals surface area (Å²) in [4.78, 5) is 14.3. The highest BCUT2D eigenvalue weighted by molar-refractivity contribution is 7.82. The van der Waals surface area contributed by atoms with Gasteiger partial charge in [0.05, 0.1) is 18.9 Å². The summed E-state index contributed by atoms with van der Waals surface area (Å²) < 4.78 is 12.7. The monoisotopic (exact) mass is 385 g/mol. The first-order valence-corrected chi connectivity index (χ1v) is 9.25. The molecule has 3 aromatic rings. The Morgan fingerprint density at radius 2 is 1.81 bits per heavy atom. The van der Waals surface area contributed by atoms with Crippen LogP contribution in [0.25, 0.3) is 10.9 Å². The predicted molar refractivity (Wildman–Crippen MR) is 111 cm³/mol. The molecule has 0 atom stereocenters. The number of nitrogens with one attached hydrogen (secondary N) is 1. The molecule has 0 spiro atoms. The number of aromatic amines is 1. The normalized spacial score (nSPS) is 10.7. The van der Waals surface area contributed by atoms with Gasteiger partial charge in [-0.3, -0.25) is 0 Å². The fraction of sp³-hybridized carbons (Fsp3) is 0.250. The van der Waals surface area contributed by atoms with E-state index in [4.69, 9.17) is 15.2 Å². The maximum Gasteiger partial charge on any atom is 0.329 e. The van der Waals surface area contributed by atoms with E-state index in [0.29, 0.717) is 24.7 Å². The molecule has 3 N–H and O–H groups in total. The van der Waals surface area contributed by atoms with Gasteiger partial charge in [0.25, 0.3) is 0 Å². The number of unbranched alkanes of at least 4 members (excludes halogenated alkanes) is 2. The smallest absolute Gasteiger partial charge is 0.329 e. The molecule has 6 nitrogen and oxygen atoms in total. The van der Waals surface area contributed by atoms with Gasteiger partial charge in [-0.25, -0.2) is 9.10 Å². The van der Waals surface area contributed by atoms with E-state index in [2.05, 4.69) is 17.8 Å². The number of thiol groups is 1. The summed E-state index contributed by atoms with van der Waals surface area (Å²) in [6.07, 6.45) is 4.79. The summed E-state index contributed by atoms with van der Waals surface area (Å²) in [6.45, 7) is 1.27. The number of rotatable bonds is 9. The molecular formula is C20H23N3O3S. The van der Waals surface area contributed by atoms with Crippen molar-refractivity contribution in [3.63, 3.8) is 0 Å².